The minimum atomic E-state index is -2.89. The molecule has 0 spiro atoms. The van der Waals surface area contributed by atoms with Gasteiger partial charge in [0.2, 0.25) is 0 Å². The van der Waals surface area contributed by atoms with Crippen LogP contribution < -0.4 is 19.7 Å². The fourth-order valence-corrected chi connectivity index (χ4v) is 3.89. The fraction of sp³-hybridized carbons (Fsp3) is 0.421. The first-order chi connectivity index (χ1) is 13.6. The van der Waals surface area contributed by atoms with Crippen molar-refractivity contribution < 1.29 is 18.3 Å². The number of piperazine rings is 1. The van der Waals surface area contributed by atoms with Gasteiger partial charge in [-0.15, -0.1) is 11.3 Å². The Morgan fingerprint density at radius 3 is 2.64 bits per heavy atom. The summed E-state index contributed by atoms with van der Waals surface area (Å²) >= 11 is 1.74. The number of alkyl halides is 2. The van der Waals surface area contributed by atoms with Crippen LogP contribution in [0.4, 0.5) is 13.8 Å². The lowest BCUT2D eigenvalue weighted by Gasteiger charge is -2.37. The van der Waals surface area contributed by atoms with E-state index in [4.69, 9.17) is 4.74 Å². The molecular formula is C19H24F2N4O2S. The number of nitrogens with zero attached hydrogens (tertiary/aromatic N) is 3. The highest BCUT2D eigenvalue weighted by Gasteiger charge is 2.20. The molecule has 1 saturated heterocycles. The van der Waals surface area contributed by atoms with Crippen LogP contribution in [0.25, 0.3) is 0 Å². The third-order valence-electron chi connectivity index (χ3n) is 4.54. The Kier molecular flexibility index (Phi) is 6.91. The van der Waals surface area contributed by atoms with Crippen molar-refractivity contribution in [2.24, 2.45) is 4.99 Å². The highest BCUT2D eigenvalue weighted by atomic mass is 32.1. The number of halogens is 2. The Morgan fingerprint density at radius 2 is 2.04 bits per heavy atom. The van der Waals surface area contributed by atoms with Crippen LogP contribution in [0.2, 0.25) is 0 Å². The minimum Gasteiger partial charge on any atom is -0.497 e. The molecule has 3 rings (SSSR count). The van der Waals surface area contributed by atoms with Gasteiger partial charge in [0.25, 0.3) is 0 Å². The number of aliphatic imine (C=N–C) groups is 1. The highest BCUT2D eigenvalue weighted by molar-refractivity contribution is 7.14. The van der Waals surface area contributed by atoms with E-state index in [9.17, 15) is 8.78 Å². The molecule has 152 valence electrons. The van der Waals surface area contributed by atoms with Crippen LogP contribution in [0.15, 0.2) is 40.7 Å². The Morgan fingerprint density at radius 1 is 1.25 bits per heavy atom. The molecular weight excluding hydrogens is 386 g/mol. The molecule has 0 unspecified atom stereocenters. The standard InChI is InChI=1S/C19H24F2N4O2S/c1-22-19(25-9-7-24(8-10-25)17-4-3-11-28-17)23-13-14-5-6-15(26-2)12-16(14)27-18(20)21/h3-6,11-12,18H,7-10,13H2,1-2H3,(H,22,23). The number of hydrogen-bond acceptors (Lipinski definition) is 5. The SMILES string of the molecule is CN=C(NCc1ccc(OC)cc1OC(F)F)N1CCN(c2cccs2)CC1. The second-order valence-corrected chi connectivity index (χ2v) is 7.10. The molecule has 0 radical (unpaired) electrons. The topological polar surface area (TPSA) is 49.3 Å². The third-order valence-corrected chi connectivity index (χ3v) is 5.47. The fourth-order valence-electron chi connectivity index (χ4n) is 3.11. The minimum absolute atomic E-state index is 0.0971. The van der Waals surface area contributed by atoms with E-state index in [1.54, 1.807) is 30.5 Å². The van der Waals surface area contributed by atoms with E-state index >= 15 is 0 Å². The van der Waals surface area contributed by atoms with Crippen molar-refractivity contribution in [1.29, 1.82) is 0 Å². The first kappa shape index (κ1) is 20.2. The van der Waals surface area contributed by atoms with Crippen LogP contribution in [0, 0.1) is 0 Å². The molecule has 1 aromatic carbocycles. The summed E-state index contributed by atoms with van der Waals surface area (Å²) in [5.41, 5.74) is 0.611. The van der Waals surface area contributed by atoms with Gasteiger partial charge in [-0.1, -0.05) is 0 Å². The van der Waals surface area contributed by atoms with E-state index in [1.165, 1.54) is 18.2 Å². The predicted molar refractivity (Wildman–Crippen MR) is 108 cm³/mol. The van der Waals surface area contributed by atoms with Crippen LogP contribution in [0.3, 0.4) is 0 Å². The number of hydrogen-bond donors (Lipinski definition) is 1. The maximum Gasteiger partial charge on any atom is 0.387 e. The van der Waals surface area contributed by atoms with Crippen molar-refractivity contribution >= 4 is 22.3 Å². The maximum atomic E-state index is 12.7. The Balaban J connectivity index is 1.60. The Labute approximate surface area is 167 Å². The van der Waals surface area contributed by atoms with E-state index in [-0.39, 0.29) is 5.75 Å². The second-order valence-electron chi connectivity index (χ2n) is 6.18. The average molecular weight is 410 g/mol. The molecule has 0 aliphatic carbocycles. The third kappa shape index (κ3) is 5.03. The molecule has 6 nitrogen and oxygen atoms in total. The summed E-state index contributed by atoms with van der Waals surface area (Å²) in [5.74, 6) is 1.30. The molecule has 1 aromatic heterocycles. The maximum absolute atomic E-state index is 12.7. The molecule has 1 aliphatic heterocycles. The monoisotopic (exact) mass is 410 g/mol. The highest BCUT2D eigenvalue weighted by Crippen LogP contribution is 2.26. The molecule has 1 fully saturated rings. The van der Waals surface area contributed by atoms with Gasteiger partial charge in [0.15, 0.2) is 5.96 Å². The Bertz CT molecular complexity index is 778. The molecule has 2 aromatic rings. The van der Waals surface area contributed by atoms with Crippen molar-refractivity contribution in [3.63, 3.8) is 0 Å². The van der Waals surface area contributed by atoms with Gasteiger partial charge in [0.05, 0.1) is 12.1 Å². The van der Waals surface area contributed by atoms with Crippen LogP contribution >= 0.6 is 11.3 Å². The summed E-state index contributed by atoms with van der Waals surface area (Å²) in [7, 11) is 3.20. The summed E-state index contributed by atoms with van der Waals surface area (Å²) in [5, 5.41) is 6.60. The number of guanidine groups is 1. The lowest BCUT2D eigenvalue weighted by molar-refractivity contribution is -0.0505. The molecule has 9 heteroatoms. The molecule has 0 amide bonds. The van der Waals surface area contributed by atoms with Gasteiger partial charge in [-0.25, -0.2) is 0 Å². The number of nitrogens with one attached hydrogen (secondary N) is 1. The van der Waals surface area contributed by atoms with E-state index in [2.05, 4.69) is 42.4 Å². The van der Waals surface area contributed by atoms with Gasteiger partial charge in [0.1, 0.15) is 11.5 Å². The van der Waals surface area contributed by atoms with Crippen molar-refractivity contribution in [3.8, 4) is 11.5 Å². The number of rotatable bonds is 6. The van der Waals surface area contributed by atoms with Crippen LogP contribution in [0.5, 0.6) is 11.5 Å². The number of thiophene rings is 1. The first-order valence-corrected chi connectivity index (χ1v) is 9.84. The predicted octanol–water partition coefficient (Wildman–Crippen LogP) is 3.26. The van der Waals surface area contributed by atoms with Gasteiger partial charge in [0, 0.05) is 51.4 Å². The zero-order valence-electron chi connectivity index (χ0n) is 15.9. The quantitative estimate of drug-likeness (QED) is 0.585. The molecule has 1 N–H and O–H groups in total. The normalized spacial score (nSPS) is 15.1. The van der Waals surface area contributed by atoms with E-state index in [1.807, 2.05) is 0 Å². The first-order valence-electron chi connectivity index (χ1n) is 8.96. The summed E-state index contributed by atoms with van der Waals surface area (Å²) in [6, 6.07) is 9.08. The zero-order chi connectivity index (χ0) is 19.9. The Hall–Kier alpha value is -2.55. The van der Waals surface area contributed by atoms with Crippen LogP contribution in [-0.4, -0.2) is 57.8 Å². The van der Waals surface area contributed by atoms with E-state index in [0.717, 1.165) is 32.1 Å². The molecule has 0 saturated carbocycles. The van der Waals surface area contributed by atoms with E-state index in [0.29, 0.717) is 17.9 Å². The van der Waals surface area contributed by atoms with E-state index < -0.39 is 6.61 Å². The lowest BCUT2D eigenvalue weighted by atomic mass is 10.2. The molecule has 28 heavy (non-hydrogen) atoms. The van der Waals surface area contributed by atoms with Gasteiger partial charge in [-0.2, -0.15) is 8.78 Å². The van der Waals surface area contributed by atoms with Crippen molar-refractivity contribution in [1.82, 2.24) is 10.2 Å². The summed E-state index contributed by atoms with van der Waals surface area (Å²) in [4.78, 5) is 8.86. The average Bonchev–Trinajstić information content (AvgIpc) is 3.24. The molecule has 2 heterocycles. The van der Waals surface area contributed by atoms with Gasteiger partial charge < -0.3 is 24.6 Å². The molecule has 0 atom stereocenters. The van der Waals surface area contributed by atoms with Crippen LogP contribution in [0.1, 0.15) is 5.56 Å². The summed E-state index contributed by atoms with van der Waals surface area (Å²) < 4.78 is 35.2. The molecule has 1 aliphatic rings. The summed E-state index contributed by atoms with van der Waals surface area (Å²) in [6.45, 7) is 0.911. The van der Waals surface area contributed by atoms with Gasteiger partial charge in [-0.05, 0) is 29.6 Å². The van der Waals surface area contributed by atoms with Crippen LogP contribution in [-0.2, 0) is 6.54 Å². The zero-order valence-corrected chi connectivity index (χ0v) is 16.7. The summed E-state index contributed by atoms with van der Waals surface area (Å²) in [6.07, 6.45) is 0. The second kappa shape index (κ2) is 9.59. The van der Waals surface area contributed by atoms with Crippen molar-refractivity contribution in [3.05, 3.63) is 41.3 Å². The van der Waals surface area contributed by atoms with Gasteiger partial charge in [-0.3, -0.25) is 4.99 Å². The number of anilines is 1. The van der Waals surface area contributed by atoms with Gasteiger partial charge >= 0.3 is 6.61 Å². The number of methoxy groups -OCH3 is 1. The number of ether oxygens (including phenoxy) is 2. The lowest BCUT2D eigenvalue weighted by Crippen LogP contribution is -2.52. The van der Waals surface area contributed by atoms with Crippen molar-refractivity contribution in [2.45, 2.75) is 13.2 Å². The largest absolute Gasteiger partial charge is 0.497 e. The molecule has 0 bridgehead atoms. The van der Waals surface area contributed by atoms with Crippen molar-refractivity contribution in [2.75, 3.05) is 45.2 Å². The number of benzene rings is 1. The smallest absolute Gasteiger partial charge is 0.387 e.